The van der Waals surface area contributed by atoms with E-state index in [1.165, 1.54) is 32.1 Å². The first-order valence-electron chi connectivity index (χ1n) is 13.6. The van der Waals surface area contributed by atoms with Crippen molar-refractivity contribution in [2.24, 2.45) is 0 Å². The summed E-state index contributed by atoms with van der Waals surface area (Å²) < 4.78 is 39.7. The second kappa shape index (κ2) is 13.8. The molecule has 4 aromatic carbocycles. The highest BCUT2D eigenvalue weighted by Gasteiger charge is 2.38. The first-order chi connectivity index (χ1) is 19.0. The van der Waals surface area contributed by atoms with E-state index in [-0.39, 0.29) is 4.90 Å². The smallest absolute Gasteiger partial charge is 0.307 e. The highest BCUT2D eigenvalue weighted by atomic mass is 32.3. The molecule has 0 amide bonds. The summed E-state index contributed by atoms with van der Waals surface area (Å²) in [5.41, 5.74) is 1.14. The van der Waals surface area contributed by atoms with Crippen LogP contribution in [0.3, 0.4) is 0 Å². The van der Waals surface area contributed by atoms with Crippen LogP contribution in [0.5, 0.6) is 5.75 Å². The highest BCUT2D eigenvalue weighted by Crippen LogP contribution is 2.70. The summed E-state index contributed by atoms with van der Waals surface area (Å²) in [5.74, 6) is 0.692. The van der Waals surface area contributed by atoms with Crippen LogP contribution in [0.25, 0.3) is 0 Å². The van der Waals surface area contributed by atoms with Crippen LogP contribution < -0.4 is 4.74 Å². The van der Waals surface area contributed by atoms with Crippen LogP contribution in [0, 0.1) is 0 Å². The van der Waals surface area contributed by atoms with Gasteiger partial charge in [0.25, 0.3) is 0 Å². The zero-order valence-electron chi connectivity index (χ0n) is 22.8. The molecule has 0 saturated carbocycles. The molecule has 0 N–H and O–H groups in total. The van der Waals surface area contributed by atoms with Gasteiger partial charge in [-0.1, -0.05) is 87.6 Å². The van der Waals surface area contributed by atoms with Crippen LogP contribution in [0.1, 0.15) is 51.0 Å². The van der Waals surface area contributed by atoms with Crippen molar-refractivity contribution in [1.82, 2.24) is 0 Å². The van der Waals surface area contributed by atoms with Crippen molar-refractivity contribution in [3.63, 3.8) is 0 Å². The summed E-state index contributed by atoms with van der Waals surface area (Å²) in [4.78, 5) is 2.52. The van der Waals surface area contributed by atoms with Gasteiger partial charge in [0.15, 0.2) is 0 Å². The van der Waals surface area contributed by atoms with Crippen LogP contribution in [-0.4, -0.2) is 15.5 Å². The van der Waals surface area contributed by atoms with Gasteiger partial charge in [-0.05, 0) is 89.4 Å². The molecular weight excluding hydrogens is 524 g/mol. The van der Waals surface area contributed by atoms with Crippen LogP contribution in [0.4, 0.5) is 0 Å². The van der Waals surface area contributed by atoms with Crippen molar-refractivity contribution in [3.05, 3.63) is 115 Å². The van der Waals surface area contributed by atoms with E-state index in [0.717, 1.165) is 33.1 Å². The molecule has 0 atom stereocenters. The van der Waals surface area contributed by atoms with Gasteiger partial charge in [0.05, 0.1) is 12.0 Å². The molecule has 39 heavy (non-hydrogen) atoms. The quantitative estimate of drug-likeness (QED) is 0.144. The maximum atomic E-state index is 13.9. The molecule has 4 nitrogen and oxygen atoms in total. The van der Waals surface area contributed by atoms with Crippen LogP contribution in [0.2, 0.25) is 0 Å². The predicted octanol–water partition coefficient (Wildman–Crippen LogP) is 9.20. The Kier molecular flexibility index (Phi) is 10.3. The minimum Gasteiger partial charge on any atom is -0.497 e. The van der Waals surface area contributed by atoms with Crippen LogP contribution in [-0.2, 0) is 20.2 Å². The van der Waals surface area contributed by atoms with Gasteiger partial charge in [-0.2, -0.15) is 8.42 Å². The van der Waals surface area contributed by atoms with E-state index in [0.29, 0.717) is 5.75 Å². The molecule has 0 unspecified atom stereocenters. The number of methoxy groups -OCH3 is 1. The standard InChI is InChI=1S/C33H38O4S2/c1-3-4-5-6-7-10-15-28-20-24-33(25-21-28)39(34,35)37-38(30-16-11-8-12-17-30,31-18-13-9-14-19-31)32-26-22-29(36-2)23-27-32/h8-9,11-14,16-27H,3-7,10,15H2,1-2H3. The van der Waals surface area contributed by atoms with Gasteiger partial charge >= 0.3 is 10.1 Å². The minimum atomic E-state index is -4.12. The molecule has 206 valence electrons. The molecule has 0 aromatic heterocycles. The molecule has 0 aliphatic carbocycles. The van der Waals surface area contributed by atoms with Gasteiger partial charge in [0, 0.05) is 14.7 Å². The number of aryl methyl sites for hydroxylation is 1. The van der Waals surface area contributed by atoms with Gasteiger partial charge in [-0.25, -0.2) is 3.63 Å². The fourth-order valence-corrected chi connectivity index (χ4v) is 9.84. The summed E-state index contributed by atoms with van der Waals surface area (Å²) >= 11 is 0. The van der Waals surface area contributed by atoms with Crippen molar-refractivity contribution < 1.29 is 16.8 Å². The maximum Gasteiger partial charge on any atom is 0.307 e. The molecule has 0 fully saturated rings. The first kappa shape index (κ1) is 28.9. The number of unbranched alkanes of at least 4 members (excludes halogenated alkanes) is 5. The third-order valence-electron chi connectivity index (χ3n) is 6.76. The zero-order valence-corrected chi connectivity index (χ0v) is 24.4. The lowest BCUT2D eigenvalue weighted by Gasteiger charge is -2.39. The Labute approximate surface area is 235 Å². The Morgan fingerprint density at radius 1 is 0.564 bits per heavy atom. The largest absolute Gasteiger partial charge is 0.497 e. The second-order valence-electron chi connectivity index (χ2n) is 9.54. The number of benzene rings is 4. The molecule has 4 rings (SSSR count). The first-order valence-corrected chi connectivity index (χ1v) is 16.6. The Balaban J connectivity index is 1.69. The van der Waals surface area contributed by atoms with Gasteiger partial charge in [-0.3, -0.25) is 0 Å². The van der Waals surface area contributed by atoms with Crippen molar-refractivity contribution in [2.75, 3.05) is 7.11 Å². The Morgan fingerprint density at radius 3 is 1.59 bits per heavy atom. The molecule has 6 heteroatoms. The lowest BCUT2D eigenvalue weighted by Crippen LogP contribution is -2.14. The van der Waals surface area contributed by atoms with E-state index >= 15 is 0 Å². The summed E-state index contributed by atoms with van der Waals surface area (Å²) in [7, 11) is -5.16. The monoisotopic (exact) mass is 562 g/mol. The fraction of sp³-hybridized carbons (Fsp3) is 0.273. The average Bonchev–Trinajstić information content (AvgIpc) is 2.99. The molecule has 0 heterocycles. The van der Waals surface area contributed by atoms with Gasteiger partial charge in [0.2, 0.25) is 0 Å². The third kappa shape index (κ3) is 7.13. The summed E-state index contributed by atoms with van der Waals surface area (Å²) in [5, 5.41) is 0. The molecule has 0 aliphatic rings. The van der Waals surface area contributed by atoms with Gasteiger partial charge in [-0.15, -0.1) is 0 Å². The van der Waals surface area contributed by atoms with E-state index in [1.54, 1.807) is 19.2 Å². The van der Waals surface area contributed by atoms with Crippen molar-refractivity contribution >= 4 is 20.4 Å². The Morgan fingerprint density at radius 2 is 1.05 bits per heavy atom. The van der Waals surface area contributed by atoms with Gasteiger partial charge in [0.1, 0.15) is 5.75 Å². The lowest BCUT2D eigenvalue weighted by atomic mass is 10.1. The van der Waals surface area contributed by atoms with Crippen LogP contribution >= 0.6 is 10.3 Å². The Bertz CT molecular complexity index is 1350. The number of hydrogen-bond donors (Lipinski definition) is 0. The molecule has 4 aromatic rings. The third-order valence-corrected chi connectivity index (χ3v) is 12.0. The van der Waals surface area contributed by atoms with Crippen molar-refractivity contribution in [3.8, 4) is 5.75 Å². The average molecular weight is 563 g/mol. The minimum absolute atomic E-state index is 0.159. The number of rotatable bonds is 14. The Hall–Kier alpha value is -3.06. The summed E-state index contributed by atoms with van der Waals surface area (Å²) in [6.45, 7) is 2.22. The SMILES string of the molecule is CCCCCCCCc1ccc(S(=O)(=O)OS(c2ccccc2)(c2ccccc2)c2ccc(OC)cc2)cc1. The summed E-state index contributed by atoms with van der Waals surface area (Å²) in [6, 6.07) is 33.9. The predicted molar refractivity (Wildman–Crippen MR) is 160 cm³/mol. The molecule has 0 saturated heterocycles. The van der Waals surface area contributed by atoms with E-state index in [1.807, 2.05) is 97.1 Å². The molecule has 0 radical (unpaired) electrons. The van der Waals surface area contributed by atoms with E-state index in [2.05, 4.69) is 6.92 Å². The van der Waals surface area contributed by atoms with Crippen LogP contribution in [0.15, 0.2) is 129 Å². The van der Waals surface area contributed by atoms with Gasteiger partial charge < -0.3 is 4.74 Å². The fourth-order valence-electron chi connectivity index (χ4n) is 4.62. The zero-order chi connectivity index (χ0) is 27.6. The van der Waals surface area contributed by atoms with Crippen molar-refractivity contribution in [1.29, 1.82) is 0 Å². The second-order valence-corrected chi connectivity index (χ2v) is 14.0. The topological polar surface area (TPSA) is 52.6 Å². The highest BCUT2D eigenvalue weighted by molar-refractivity contribution is 8.33. The normalized spacial score (nSPS) is 12.3. The summed E-state index contributed by atoms with van der Waals surface area (Å²) in [6.07, 6.45) is 8.33. The van der Waals surface area contributed by atoms with Crippen molar-refractivity contribution in [2.45, 2.75) is 71.5 Å². The van der Waals surface area contributed by atoms with E-state index in [4.69, 9.17) is 8.37 Å². The lowest BCUT2D eigenvalue weighted by molar-refractivity contribution is 0.414. The molecule has 0 aliphatic heterocycles. The van der Waals surface area contributed by atoms with E-state index < -0.39 is 20.4 Å². The molecular formula is C33H38O4S2. The molecule has 0 bridgehead atoms. The maximum absolute atomic E-state index is 13.9. The molecule has 0 spiro atoms. The number of ether oxygens (including phenoxy) is 1. The number of hydrogen-bond acceptors (Lipinski definition) is 4. The van der Waals surface area contributed by atoms with E-state index in [9.17, 15) is 8.42 Å².